The minimum atomic E-state index is -2.78. The van der Waals surface area contributed by atoms with Crippen molar-refractivity contribution < 1.29 is 8.78 Å². The molecule has 0 aliphatic rings. The van der Waals surface area contributed by atoms with Gasteiger partial charge < -0.3 is 0 Å². The Bertz CT molecular complexity index is 41.3. The van der Waals surface area contributed by atoms with Crippen LogP contribution in [0.2, 0.25) is 0 Å². The van der Waals surface area contributed by atoms with Crippen molar-refractivity contribution in [3.8, 4) is 0 Å². The van der Waals surface area contributed by atoms with E-state index in [1.165, 1.54) is 0 Å². The molecule has 0 aliphatic carbocycles. The van der Waals surface area contributed by atoms with Crippen LogP contribution in [0.15, 0.2) is 0 Å². The highest BCUT2D eigenvalue weighted by Crippen LogP contribution is 2.21. The molecule has 0 fully saturated rings. The average molecular weight is 177 g/mol. The summed E-state index contributed by atoms with van der Waals surface area (Å²) in [6, 6.07) is 0. The zero-order valence-corrected chi connectivity index (χ0v) is 5.27. The van der Waals surface area contributed by atoms with Gasteiger partial charge in [-0.3, -0.25) is 0 Å². The van der Waals surface area contributed by atoms with Gasteiger partial charge in [-0.05, 0) is 15.9 Å². The van der Waals surface area contributed by atoms with Gasteiger partial charge in [0.25, 0.3) is 0 Å². The standard InChI is InChI=1S/C2H3BrF2S/c3-2(4,5)1-6/h6H,1H2. The smallest absolute Gasteiger partial charge is 0.193 e. The molecule has 6 heavy (non-hydrogen) atoms. The van der Waals surface area contributed by atoms with Crippen LogP contribution in [0, 0.1) is 0 Å². The maximum Gasteiger partial charge on any atom is 0.310 e. The summed E-state index contributed by atoms with van der Waals surface area (Å²) >= 11 is 5.37. The first-order chi connectivity index (χ1) is 2.56. The van der Waals surface area contributed by atoms with Gasteiger partial charge in [-0.15, -0.1) is 0 Å². The van der Waals surface area contributed by atoms with Crippen LogP contribution in [0.4, 0.5) is 8.78 Å². The third kappa shape index (κ3) is 4.69. The molecule has 0 spiro atoms. The average Bonchev–Trinajstić information content (AvgIpc) is 1.35. The van der Waals surface area contributed by atoms with Crippen LogP contribution in [0.3, 0.4) is 0 Å². The highest BCUT2D eigenvalue weighted by atomic mass is 79.9. The zero-order chi connectivity index (χ0) is 5.21. The van der Waals surface area contributed by atoms with Gasteiger partial charge in [0.05, 0.1) is 5.75 Å². The molecule has 0 aromatic heterocycles. The van der Waals surface area contributed by atoms with E-state index in [4.69, 9.17) is 0 Å². The van der Waals surface area contributed by atoms with Crippen molar-refractivity contribution in [1.29, 1.82) is 0 Å². The van der Waals surface area contributed by atoms with E-state index in [1.807, 2.05) is 0 Å². The largest absolute Gasteiger partial charge is 0.310 e. The van der Waals surface area contributed by atoms with Crippen LogP contribution in [0.1, 0.15) is 0 Å². The third-order valence-corrected chi connectivity index (χ3v) is 1.29. The molecular formula is C2H3BrF2S. The van der Waals surface area contributed by atoms with Gasteiger partial charge in [-0.2, -0.15) is 21.4 Å². The van der Waals surface area contributed by atoms with E-state index in [0.717, 1.165) is 0 Å². The molecule has 0 aromatic rings. The Labute approximate surface area is 48.5 Å². The lowest BCUT2D eigenvalue weighted by molar-refractivity contribution is 0.144. The SMILES string of the molecule is FC(F)(Br)CS. The summed E-state index contributed by atoms with van der Waals surface area (Å²) in [5.74, 6) is -0.451. The number of alkyl halides is 3. The fourth-order valence-electron chi connectivity index (χ4n) is 0. The lowest BCUT2D eigenvalue weighted by Crippen LogP contribution is -2.04. The molecule has 38 valence electrons. The molecule has 0 atom stereocenters. The molecule has 0 unspecified atom stereocenters. The Morgan fingerprint density at radius 3 is 1.83 bits per heavy atom. The van der Waals surface area contributed by atoms with Crippen LogP contribution >= 0.6 is 28.6 Å². The predicted octanol–water partition coefficient (Wildman–Crippen LogP) is 1.90. The molecule has 0 amide bonds. The topological polar surface area (TPSA) is 0 Å². The normalized spacial score (nSPS) is 12.0. The minimum absolute atomic E-state index is 0.451. The highest BCUT2D eigenvalue weighted by molar-refractivity contribution is 9.10. The summed E-state index contributed by atoms with van der Waals surface area (Å²) in [5, 5.41) is 0. The molecule has 4 heteroatoms. The maximum atomic E-state index is 11.3. The minimum Gasteiger partial charge on any atom is -0.193 e. The Morgan fingerprint density at radius 2 is 1.83 bits per heavy atom. The quantitative estimate of drug-likeness (QED) is 0.459. The van der Waals surface area contributed by atoms with E-state index in [2.05, 4.69) is 28.6 Å². The van der Waals surface area contributed by atoms with Crippen molar-refractivity contribution in [1.82, 2.24) is 0 Å². The first-order valence-corrected chi connectivity index (χ1v) is 2.66. The second-order valence-corrected chi connectivity index (χ2v) is 2.25. The highest BCUT2D eigenvalue weighted by Gasteiger charge is 2.19. The van der Waals surface area contributed by atoms with Crippen LogP contribution in [0.5, 0.6) is 0 Å². The molecular weight excluding hydrogens is 174 g/mol. The monoisotopic (exact) mass is 176 g/mol. The van der Waals surface area contributed by atoms with E-state index in [-0.39, 0.29) is 0 Å². The summed E-state index contributed by atoms with van der Waals surface area (Å²) in [4.78, 5) is -2.78. The zero-order valence-electron chi connectivity index (χ0n) is 2.79. The molecule has 0 saturated heterocycles. The second kappa shape index (κ2) is 2.12. The van der Waals surface area contributed by atoms with E-state index in [0.29, 0.717) is 0 Å². The van der Waals surface area contributed by atoms with Gasteiger partial charge in [0.2, 0.25) is 0 Å². The van der Waals surface area contributed by atoms with Gasteiger partial charge >= 0.3 is 4.83 Å². The van der Waals surface area contributed by atoms with Crippen molar-refractivity contribution in [2.24, 2.45) is 0 Å². The number of hydrogen-bond donors (Lipinski definition) is 1. The van der Waals surface area contributed by atoms with Crippen LogP contribution < -0.4 is 0 Å². The second-order valence-electron chi connectivity index (χ2n) is 0.773. The van der Waals surface area contributed by atoms with Gasteiger partial charge in [-0.25, -0.2) is 0 Å². The lowest BCUT2D eigenvalue weighted by atomic mass is 10.9. The maximum absolute atomic E-state index is 11.3. The van der Waals surface area contributed by atoms with E-state index >= 15 is 0 Å². The molecule has 0 N–H and O–H groups in total. The summed E-state index contributed by atoms with van der Waals surface area (Å²) in [7, 11) is 0. The Balaban J connectivity index is 3.17. The fraction of sp³-hybridized carbons (Fsp3) is 1.00. The molecule has 0 aromatic carbocycles. The first-order valence-electron chi connectivity index (χ1n) is 1.24. The Morgan fingerprint density at radius 1 is 1.67 bits per heavy atom. The lowest BCUT2D eigenvalue weighted by Gasteiger charge is -1.98. The van der Waals surface area contributed by atoms with Crippen LogP contribution in [-0.4, -0.2) is 10.6 Å². The number of halogens is 3. The van der Waals surface area contributed by atoms with Crippen LogP contribution in [0.25, 0.3) is 0 Å². The van der Waals surface area contributed by atoms with Crippen molar-refractivity contribution >= 4 is 28.6 Å². The summed E-state index contributed by atoms with van der Waals surface area (Å²) < 4.78 is 22.6. The van der Waals surface area contributed by atoms with Crippen molar-refractivity contribution in [2.45, 2.75) is 4.83 Å². The number of thiol groups is 1. The van der Waals surface area contributed by atoms with E-state index in [1.54, 1.807) is 0 Å². The molecule has 0 bridgehead atoms. The Hall–Kier alpha value is 0.690. The van der Waals surface area contributed by atoms with E-state index in [9.17, 15) is 8.78 Å². The molecule has 0 nitrogen and oxygen atoms in total. The summed E-state index contributed by atoms with van der Waals surface area (Å²) in [6.07, 6.45) is 0. The van der Waals surface area contributed by atoms with Crippen LogP contribution in [-0.2, 0) is 0 Å². The number of rotatable bonds is 1. The molecule has 0 saturated carbocycles. The summed E-state index contributed by atoms with van der Waals surface area (Å²) in [6.45, 7) is 0. The molecule has 0 heterocycles. The van der Waals surface area contributed by atoms with Crippen molar-refractivity contribution in [2.75, 3.05) is 5.75 Å². The van der Waals surface area contributed by atoms with Crippen molar-refractivity contribution in [3.05, 3.63) is 0 Å². The van der Waals surface area contributed by atoms with Gasteiger partial charge in [0.1, 0.15) is 0 Å². The van der Waals surface area contributed by atoms with Gasteiger partial charge in [0.15, 0.2) is 0 Å². The summed E-state index contributed by atoms with van der Waals surface area (Å²) in [5.41, 5.74) is 0. The van der Waals surface area contributed by atoms with Crippen molar-refractivity contribution in [3.63, 3.8) is 0 Å². The van der Waals surface area contributed by atoms with Gasteiger partial charge in [-0.1, -0.05) is 0 Å². The fourth-order valence-corrected chi connectivity index (χ4v) is 0. The molecule has 0 radical (unpaired) electrons. The molecule has 0 aliphatic heterocycles. The predicted molar refractivity (Wildman–Crippen MR) is 27.7 cm³/mol. The van der Waals surface area contributed by atoms with E-state index < -0.39 is 10.6 Å². The van der Waals surface area contributed by atoms with Gasteiger partial charge in [0, 0.05) is 0 Å². The number of hydrogen-bond acceptors (Lipinski definition) is 1. The third-order valence-electron chi connectivity index (χ3n) is 0.179. The molecule has 0 rings (SSSR count). The first kappa shape index (κ1) is 6.69. The Kier molecular flexibility index (Phi) is 2.36.